The molecule has 0 spiro atoms. The molecule has 102 valence electrons. The van der Waals surface area contributed by atoms with Crippen molar-refractivity contribution in [1.82, 2.24) is 0 Å². The first-order valence-electron chi connectivity index (χ1n) is 6.56. The average molecular weight is 270 g/mol. The monoisotopic (exact) mass is 270 g/mol. The standard InChI is InChI=1S/C16H15FN2O/c17-14-8-11(6-7-15(14)18)19-16(20)13-9-12(13)10-4-2-1-3-5-10/h1-8,12-13H,9,18H2,(H,19,20). The van der Waals surface area contributed by atoms with Crippen LogP contribution in [0.3, 0.4) is 0 Å². The van der Waals surface area contributed by atoms with Crippen LogP contribution in [0.1, 0.15) is 17.9 Å². The Morgan fingerprint density at radius 2 is 1.95 bits per heavy atom. The Morgan fingerprint density at radius 1 is 1.20 bits per heavy atom. The fraction of sp³-hybridized carbons (Fsp3) is 0.188. The first-order chi connectivity index (χ1) is 9.65. The number of nitrogens with one attached hydrogen (secondary N) is 1. The molecule has 1 fully saturated rings. The van der Waals surface area contributed by atoms with E-state index in [-0.39, 0.29) is 23.4 Å². The Labute approximate surface area is 116 Å². The van der Waals surface area contributed by atoms with Gasteiger partial charge in [-0.15, -0.1) is 0 Å². The fourth-order valence-corrected chi connectivity index (χ4v) is 2.39. The van der Waals surface area contributed by atoms with E-state index in [2.05, 4.69) is 5.32 Å². The summed E-state index contributed by atoms with van der Waals surface area (Å²) >= 11 is 0. The minimum absolute atomic E-state index is 0.0296. The maximum atomic E-state index is 13.3. The van der Waals surface area contributed by atoms with Crippen LogP contribution in [0.2, 0.25) is 0 Å². The third-order valence-electron chi connectivity index (χ3n) is 3.62. The van der Waals surface area contributed by atoms with Crippen molar-refractivity contribution in [2.75, 3.05) is 11.1 Å². The van der Waals surface area contributed by atoms with Gasteiger partial charge in [0.1, 0.15) is 5.82 Å². The van der Waals surface area contributed by atoms with Crippen LogP contribution in [0.25, 0.3) is 0 Å². The van der Waals surface area contributed by atoms with Gasteiger partial charge in [-0.1, -0.05) is 30.3 Å². The van der Waals surface area contributed by atoms with Crippen LogP contribution in [0.5, 0.6) is 0 Å². The molecule has 1 saturated carbocycles. The number of halogens is 1. The predicted octanol–water partition coefficient (Wildman–Crippen LogP) is 3.15. The lowest BCUT2D eigenvalue weighted by atomic mass is 10.1. The Bertz CT molecular complexity index is 642. The largest absolute Gasteiger partial charge is 0.396 e. The normalized spacial score (nSPS) is 20.4. The first-order valence-corrected chi connectivity index (χ1v) is 6.56. The zero-order valence-corrected chi connectivity index (χ0v) is 10.8. The second-order valence-electron chi connectivity index (χ2n) is 5.08. The van der Waals surface area contributed by atoms with Crippen molar-refractivity contribution in [2.24, 2.45) is 5.92 Å². The molecule has 3 nitrogen and oxygen atoms in total. The van der Waals surface area contributed by atoms with Crippen molar-refractivity contribution in [3.8, 4) is 0 Å². The quantitative estimate of drug-likeness (QED) is 0.842. The Hall–Kier alpha value is -2.36. The summed E-state index contributed by atoms with van der Waals surface area (Å²) in [6, 6.07) is 14.3. The molecule has 2 aromatic carbocycles. The van der Waals surface area contributed by atoms with Crippen molar-refractivity contribution < 1.29 is 9.18 Å². The van der Waals surface area contributed by atoms with E-state index in [9.17, 15) is 9.18 Å². The summed E-state index contributed by atoms with van der Waals surface area (Å²) < 4.78 is 13.3. The van der Waals surface area contributed by atoms with E-state index in [0.29, 0.717) is 5.69 Å². The summed E-state index contributed by atoms with van der Waals surface area (Å²) in [5.74, 6) is -0.339. The zero-order chi connectivity index (χ0) is 14.1. The van der Waals surface area contributed by atoms with Crippen molar-refractivity contribution in [3.05, 3.63) is 59.9 Å². The van der Waals surface area contributed by atoms with Gasteiger partial charge < -0.3 is 11.1 Å². The van der Waals surface area contributed by atoms with Gasteiger partial charge in [-0.2, -0.15) is 0 Å². The van der Waals surface area contributed by atoms with Crippen LogP contribution in [-0.2, 0) is 4.79 Å². The van der Waals surface area contributed by atoms with Crippen LogP contribution < -0.4 is 11.1 Å². The predicted molar refractivity (Wildman–Crippen MR) is 76.7 cm³/mol. The number of hydrogen-bond donors (Lipinski definition) is 2. The molecule has 2 aromatic rings. The van der Waals surface area contributed by atoms with Gasteiger partial charge >= 0.3 is 0 Å². The van der Waals surface area contributed by atoms with Crippen LogP contribution in [0.15, 0.2) is 48.5 Å². The lowest BCUT2D eigenvalue weighted by molar-refractivity contribution is -0.117. The van der Waals surface area contributed by atoms with E-state index in [0.717, 1.165) is 6.42 Å². The van der Waals surface area contributed by atoms with Crippen LogP contribution in [-0.4, -0.2) is 5.91 Å². The molecule has 1 aliphatic carbocycles. The Kier molecular flexibility index (Phi) is 3.14. The molecular weight excluding hydrogens is 255 g/mol. The lowest BCUT2D eigenvalue weighted by Gasteiger charge is -2.06. The minimum Gasteiger partial charge on any atom is -0.396 e. The number of anilines is 2. The molecule has 0 saturated heterocycles. The van der Waals surface area contributed by atoms with E-state index in [1.54, 1.807) is 6.07 Å². The number of nitrogens with two attached hydrogens (primary N) is 1. The highest BCUT2D eigenvalue weighted by Gasteiger charge is 2.43. The van der Waals surface area contributed by atoms with Crippen LogP contribution in [0, 0.1) is 11.7 Å². The van der Waals surface area contributed by atoms with Gasteiger partial charge in [0, 0.05) is 11.6 Å². The second-order valence-corrected chi connectivity index (χ2v) is 5.08. The SMILES string of the molecule is Nc1ccc(NC(=O)C2CC2c2ccccc2)cc1F. The van der Waals surface area contributed by atoms with E-state index in [4.69, 9.17) is 5.73 Å². The molecule has 1 aliphatic rings. The van der Waals surface area contributed by atoms with Gasteiger partial charge in [0.25, 0.3) is 0 Å². The number of nitrogen functional groups attached to an aromatic ring is 1. The van der Waals surface area contributed by atoms with Crippen molar-refractivity contribution >= 4 is 17.3 Å². The van der Waals surface area contributed by atoms with E-state index in [1.807, 2.05) is 30.3 Å². The van der Waals surface area contributed by atoms with Gasteiger partial charge in [-0.3, -0.25) is 4.79 Å². The molecule has 2 unspecified atom stereocenters. The third kappa shape index (κ3) is 2.50. The van der Waals surface area contributed by atoms with Crippen molar-refractivity contribution in [1.29, 1.82) is 0 Å². The average Bonchev–Trinajstić information content (AvgIpc) is 3.24. The molecule has 0 aromatic heterocycles. The molecule has 1 amide bonds. The first kappa shape index (κ1) is 12.7. The molecule has 3 N–H and O–H groups in total. The third-order valence-corrected chi connectivity index (χ3v) is 3.62. The highest BCUT2D eigenvalue weighted by atomic mass is 19.1. The number of benzene rings is 2. The van der Waals surface area contributed by atoms with Crippen molar-refractivity contribution in [3.63, 3.8) is 0 Å². The smallest absolute Gasteiger partial charge is 0.228 e. The van der Waals surface area contributed by atoms with E-state index in [1.165, 1.54) is 17.7 Å². The molecule has 0 heterocycles. The van der Waals surface area contributed by atoms with Gasteiger partial charge in [0.05, 0.1) is 5.69 Å². The summed E-state index contributed by atoms with van der Waals surface area (Å²) in [6.45, 7) is 0. The molecule has 0 bridgehead atoms. The van der Waals surface area contributed by atoms with Gasteiger partial charge in [0.2, 0.25) is 5.91 Å². The summed E-state index contributed by atoms with van der Waals surface area (Å²) in [7, 11) is 0. The van der Waals surface area contributed by atoms with Gasteiger partial charge in [-0.25, -0.2) is 4.39 Å². The number of carbonyl (C=O) groups is 1. The second kappa shape index (κ2) is 4.96. The highest BCUT2D eigenvalue weighted by molar-refractivity contribution is 5.95. The topological polar surface area (TPSA) is 55.1 Å². The van der Waals surface area contributed by atoms with Crippen molar-refractivity contribution in [2.45, 2.75) is 12.3 Å². The van der Waals surface area contributed by atoms with Gasteiger partial charge in [-0.05, 0) is 36.1 Å². The molecule has 4 heteroatoms. The molecule has 3 rings (SSSR count). The molecule has 2 atom stereocenters. The Morgan fingerprint density at radius 3 is 2.65 bits per heavy atom. The molecular formula is C16H15FN2O. The summed E-state index contributed by atoms with van der Waals surface area (Å²) in [5.41, 5.74) is 7.10. The van der Waals surface area contributed by atoms with Gasteiger partial charge in [0.15, 0.2) is 0 Å². The number of hydrogen-bond acceptors (Lipinski definition) is 2. The number of amides is 1. The fourth-order valence-electron chi connectivity index (χ4n) is 2.39. The summed E-state index contributed by atoms with van der Waals surface area (Å²) in [6.07, 6.45) is 0.841. The maximum Gasteiger partial charge on any atom is 0.228 e. The van der Waals surface area contributed by atoms with E-state index < -0.39 is 5.82 Å². The summed E-state index contributed by atoms with van der Waals surface area (Å²) in [5, 5.41) is 2.74. The number of rotatable bonds is 3. The highest BCUT2D eigenvalue weighted by Crippen LogP contribution is 2.47. The molecule has 0 aliphatic heterocycles. The molecule has 0 radical (unpaired) electrons. The molecule has 20 heavy (non-hydrogen) atoms. The maximum absolute atomic E-state index is 13.3. The van der Waals surface area contributed by atoms with E-state index >= 15 is 0 Å². The zero-order valence-electron chi connectivity index (χ0n) is 10.8. The lowest BCUT2D eigenvalue weighted by Crippen LogP contribution is -2.14. The Balaban J connectivity index is 1.65. The van der Waals surface area contributed by atoms with Crippen LogP contribution >= 0.6 is 0 Å². The van der Waals surface area contributed by atoms with Crippen LogP contribution in [0.4, 0.5) is 15.8 Å². The minimum atomic E-state index is -0.516. The summed E-state index contributed by atoms with van der Waals surface area (Å²) in [4.78, 5) is 12.1. The number of carbonyl (C=O) groups excluding carboxylic acids is 1.